The zero-order chi connectivity index (χ0) is 14.6. The molecule has 0 radical (unpaired) electrons. The Labute approximate surface area is 111 Å². The number of carboxylic acid groups (broad SMARTS) is 1. The fraction of sp³-hybridized carbons (Fsp3) is 0.333. The minimum absolute atomic E-state index is 0.0720. The summed E-state index contributed by atoms with van der Waals surface area (Å²) in [5.41, 5.74) is 0.393. The Bertz CT molecular complexity index is 577. The van der Waals surface area contributed by atoms with Gasteiger partial charge in [0.15, 0.2) is 5.78 Å². The zero-order valence-electron chi connectivity index (χ0n) is 10.6. The average Bonchev–Trinajstić information content (AvgIpc) is 2.35. The van der Waals surface area contributed by atoms with Gasteiger partial charge in [0.1, 0.15) is 6.04 Å². The minimum atomic E-state index is -3.90. The second kappa shape index (κ2) is 5.94. The van der Waals surface area contributed by atoms with Crippen molar-refractivity contribution in [2.75, 3.05) is 0 Å². The molecular formula is C12H15NO5S. The summed E-state index contributed by atoms with van der Waals surface area (Å²) in [5.74, 6) is -1.40. The van der Waals surface area contributed by atoms with Gasteiger partial charge in [-0.1, -0.05) is 19.1 Å². The SMILES string of the molecule is CC[C@H](NS(=O)(=O)c1ccc(C(C)=O)cc1)C(=O)O. The molecule has 0 aromatic heterocycles. The molecule has 1 aromatic carbocycles. The lowest BCUT2D eigenvalue weighted by atomic mass is 10.2. The molecule has 0 fully saturated rings. The lowest BCUT2D eigenvalue weighted by Gasteiger charge is -2.12. The van der Waals surface area contributed by atoms with Gasteiger partial charge in [0.2, 0.25) is 10.0 Å². The summed E-state index contributed by atoms with van der Waals surface area (Å²) in [5, 5.41) is 8.83. The van der Waals surface area contributed by atoms with Crippen LogP contribution in [0.3, 0.4) is 0 Å². The van der Waals surface area contributed by atoms with Gasteiger partial charge < -0.3 is 5.11 Å². The molecule has 0 amide bonds. The molecule has 0 aliphatic heterocycles. The van der Waals surface area contributed by atoms with Crippen LogP contribution in [0, 0.1) is 0 Å². The third kappa shape index (κ3) is 3.87. The Kier molecular flexibility index (Phi) is 4.79. The zero-order valence-corrected chi connectivity index (χ0v) is 11.4. The van der Waals surface area contributed by atoms with Gasteiger partial charge in [-0.25, -0.2) is 8.42 Å². The quantitative estimate of drug-likeness (QED) is 0.760. The van der Waals surface area contributed by atoms with Crippen LogP contribution in [-0.2, 0) is 14.8 Å². The molecular weight excluding hydrogens is 270 g/mol. The van der Waals surface area contributed by atoms with E-state index in [0.29, 0.717) is 5.56 Å². The van der Waals surface area contributed by atoms with Crippen LogP contribution in [0.1, 0.15) is 30.6 Å². The summed E-state index contributed by atoms with van der Waals surface area (Å²) < 4.78 is 26.0. The Morgan fingerprint density at radius 3 is 2.16 bits per heavy atom. The smallest absolute Gasteiger partial charge is 0.321 e. The first kappa shape index (κ1) is 15.3. The molecule has 0 saturated carbocycles. The Morgan fingerprint density at radius 2 is 1.79 bits per heavy atom. The van der Waals surface area contributed by atoms with Gasteiger partial charge in [-0.15, -0.1) is 0 Å². The van der Waals surface area contributed by atoms with Crippen molar-refractivity contribution in [2.45, 2.75) is 31.2 Å². The number of aliphatic carboxylic acids is 1. The molecule has 2 N–H and O–H groups in total. The average molecular weight is 285 g/mol. The van der Waals surface area contributed by atoms with E-state index < -0.39 is 22.0 Å². The lowest BCUT2D eigenvalue weighted by molar-refractivity contribution is -0.139. The van der Waals surface area contributed by atoms with E-state index in [1.54, 1.807) is 6.92 Å². The summed E-state index contributed by atoms with van der Waals surface area (Å²) in [4.78, 5) is 21.8. The number of carbonyl (C=O) groups is 2. The molecule has 6 nitrogen and oxygen atoms in total. The molecule has 0 saturated heterocycles. The predicted octanol–water partition coefficient (Wildman–Crippen LogP) is 1.03. The summed E-state index contributed by atoms with van der Waals surface area (Å²) in [6, 6.07) is 4.15. The number of Topliss-reactive ketones (excluding diaryl/α,β-unsaturated/α-hetero) is 1. The van der Waals surface area contributed by atoms with E-state index in [1.165, 1.54) is 31.2 Å². The highest BCUT2D eigenvalue weighted by Crippen LogP contribution is 2.12. The van der Waals surface area contributed by atoms with Crippen molar-refractivity contribution in [1.82, 2.24) is 4.72 Å². The third-order valence-corrected chi connectivity index (χ3v) is 4.06. The maximum absolute atomic E-state index is 11.9. The van der Waals surface area contributed by atoms with E-state index >= 15 is 0 Å². The summed E-state index contributed by atoms with van der Waals surface area (Å²) in [7, 11) is -3.90. The van der Waals surface area contributed by atoms with E-state index in [0.717, 1.165) is 0 Å². The van der Waals surface area contributed by atoms with Crippen molar-refractivity contribution < 1.29 is 23.1 Å². The summed E-state index contributed by atoms with van der Waals surface area (Å²) in [6.07, 6.45) is 0.139. The van der Waals surface area contributed by atoms with Crippen molar-refractivity contribution in [3.63, 3.8) is 0 Å². The first-order chi connectivity index (χ1) is 8.77. The van der Waals surface area contributed by atoms with Crippen molar-refractivity contribution >= 4 is 21.8 Å². The van der Waals surface area contributed by atoms with Crippen molar-refractivity contribution in [3.8, 4) is 0 Å². The van der Waals surface area contributed by atoms with Crippen LogP contribution in [0.15, 0.2) is 29.2 Å². The van der Waals surface area contributed by atoms with Crippen molar-refractivity contribution in [1.29, 1.82) is 0 Å². The Balaban J connectivity index is 3.00. The third-order valence-electron chi connectivity index (χ3n) is 2.57. The maximum Gasteiger partial charge on any atom is 0.321 e. The number of rotatable bonds is 6. The monoisotopic (exact) mass is 285 g/mol. The molecule has 0 aliphatic rings. The summed E-state index contributed by atoms with van der Waals surface area (Å²) >= 11 is 0. The highest BCUT2D eigenvalue weighted by molar-refractivity contribution is 7.89. The molecule has 0 heterocycles. The molecule has 104 valence electrons. The van der Waals surface area contributed by atoms with Gasteiger partial charge in [-0.3, -0.25) is 9.59 Å². The molecule has 7 heteroatoms. The second-order valence-electron chi connectivity index (χ2n) is 4.00. The lowest BCUT2D eigenvalue weighted by Crippen LogP contribution is -2.40. The standard InChI is InChI=1S/C12H15NO5S/c1-3-11(12(15)16)13-19(17,18)10-6-4-9(5-7-10)8(2)14/h4-7,11,13H,3H2,1-2H3,(H,15,16)/t11-/m0/s1. The van der Waals surface area contributed by atoms with E-state index in [1.807, 2.05) is 0 Å². The Hall–Kier alpha value is -1.73. The maximum atomic E-state index is 11.9. The van der Waals surface area contributed by atoms with Gasteiger partial charge in [-0.05, 0) is 25.5 Å². The number of hydrogen-bond acceptors (Lipinski definition) is 4. The predicted molar refractivity (Wildman–Crippen MR) is 68.5 cm³/mol. The Morgan fingerprint density at radius 1 is 1.26 bits per heavy atom. The van der Waals surface area contributed by atoms with E-state index in [-0.39, 0.29) is 17.1 Å². The fourth-order valence-corrected chi connectivity index (χ4v) is 2.71. The number of nitrogens with one attached hydrogen (secondary N) is 1. The van der Waals surface area contributed by atoms with Crippen LogP contribution >= 0.6 is 0 Å². The minimum Gasteiger partial charge on any atom is -0.480 e. The highest BCUT2D eigenvalue weighted by Gasteiger charge is 2.23. The van der Waals surface area contributed by atoms with E-state index in [2.05, 4.69) is 4.72 Å². The fourth-order valence-electron chi connectivity index (χ4n) is 1.43. The van der Waals surface area contributed by atoms with Gasteiger partial charge in [0.05, 0.1) is 4.90 Å². The topological polar surface area (TPSA) is 101 Å². The molecule has 1 rings (SSSR count). The van der Waals surface area contributed by atoms with Crippen molar-refractivity contribution in [3.05, 3.63) is 29.8 Å². The van der Waals surface area contributed by atoms with Gasteiger partial charge >= 0.3 is 5.97 Å². The molecule has 0 bridgehead atoms. The van der Waals surface area contributed by atoms with Crippen LogP contribution in [0.4, 0.5) is 0 Å². The van der Waals surface area contributed by atoms with Gasteiger partial charge in [0.25, 0.3) is 0 Å². The number of sulfonamides is 1. The first-order valence-electron chi connectivity index (χ1n) is 5.64. The van der Waals surface area contributed by atoms with Gasteiger partial charge in [0, 0.05) is 5.56 Å². The number of benzene rings is 1. The van der Waals surface area contributed by atoms with Crippen LogP contribution in [0.25, 0.3) is 0 Å². The molecule has 0 unspecified atom stereocenters. The van der Waals surface area contributed by atoms with Crippen molar-refractivity contribution in [2.24, 2.45) is 0 Å². The number of carbonyl (C=O) groups excluding carboxylic acids is 1. The van der Waals surface area contributed by atoms with Crippen LogP contribution < -0.4 is 4.72 Å². The number of hydrogen-bond donors (Lipinski definition) is 2. The van der Waals surface area contributed by atoms with Crippen LogP contribution in [-0.4, -0.2) is 31.3 Å². The second-order valence-corrected chi connectivity index (χ2v) is 5.71. The molecule has 0 aliphatic carbocycles. The molecule has 19 heavy (non-hydrogen) atoms. The highest BCUT2D eigenvalue weighted by atomic mass is 32.2. The number of carboxylic acids is 1. The largest absolute Gasteiger partial charge is 0.480 e. The van der Waals surface area contributed by atoms with Crippen LogP contribution in [0.5, 0.6) is 0 Å². The van der Waals surface area contributed by atoms with Crippen LogP contribution in [0.2, 0.25) is 0 Å². The van der Waals surface area contributed by atoms with E-state index in [4.69, 9.17) is 5.11 Å². The molecule has 1 atom stereocenters. The molecule has 1 aromatic rings. The first-order valence-corrected chi connectivity index (χ1v) is 7.12. The number of ketones is 1. The summed E-state index contributed by atoms with van der Waals surface area (Å²) in [6.45, 7) is 2.94. The normalized spacial score (nSPS) is 12.9. The molecule has 0 spiro atoms. The van der Waals surface area contributed by atoms with Gasteiger partial charge in [-0.2, -0.15) is 4.72 Å². The van der Waals surface area contributed by atoms with E-state index in [9.17, 15) is 18.0 Å².